The van der Waals surface area contributed by atoms with E-state index in [4.69, 9.17) is 5.26 Å². The summed E-state index contributed by atoms with van der Waals surface area (Å²) in [6.07, 6.45) is 8.48. The number of hydrogen-bond donors (Lipinski definition) is 2. The van der Waals surface area contributed by atoms with Crippen molar-refractivity contribution < 1.29 is 4.79 Å². The predicted octanol–water partition coefficient (Wildman–Crippen LogP) is 1.08. The van der Waals surface area contributed by atoms with E-state index >= 15 is 0 Å². The Morgan fingerprint density at radius 2 is 2.41 bits per heavy atom. The van der Waals surface area contributed by atoms with Crippen LogP contribution >= 0.6 is 0 Å². The number of carbonyl (C=O) groups is 1. The monoisotopic (exact) mass is 296 g/mol. The molecule has 1 saturated heterocycles. The normalized spacial score (nSPS) is 17.8. The minimum absolute atomic E-state index is 0.0529. The standard InChI is InChI=1S/C15H16N6O/c16-7-11-6-13(19-8-11)15(22)20-12-2-1-5-21(10-12)14-9-17-3-4-18-14/h3-4,6,8-9,12,19H,1-2,5,10H2,(H,20,22). The molecule has 2 aromatic rings. The van der Waals surface area contributed by atoms with Crippen LogP contribution in [0.4, 0.5) is 5.82 Å². The third kappa shape index (κ3) is 3.06. The van der Waals surface area contributed by atoms with Gasteiger partial charge in [-0.3, -0.25) is 9.78 Å². The summed E-state index contributed by atoms with van der Waals surface area (Å²) >= 11 is 0. The second-order valence-corrected chi connectivity index (χ2v) is 5.24. The van der Waals surface area contributed by atoms with Gasteiger partial charge in [0.2, 0.25) is 0 Å². The minimum Gasteiger partial charge on any atom is -0.356 e. The molecule has 3 heterocycles. The van der Waals surface area contributed by atoms with Gasteiger partial charge in [-0.25, -0.2) is 4.98 Å². The molecule has 0 radical (unpaired) electrons. The van der Waals surface area contributed by atoms with Gasteiger partial charge in [-0.2, -0.15) is 5.26 Å². The summed E-state index contributed by atoms with van der Waals surface area (Å²) < 4.78 is 0. The first-order valence-corrected chi connectivity index (χ1v) is 7.16. The molecule has 1 atom stereocenters. The highest BCUT2D eigenvalue weighted by atomic mass is 16.1. The molecule has 7 heteroatoms. The van der Waals surface area contributed by atoms with Crippen LogP contribution in [0.1, 0.15) is 28.9 Å². The number of anilines is 1. The number of rotatable bonds is 3. The van der Waals surface area contributed by atoms with Gasteiger partial charge in [-0.05, 0) is 18.9 Å². The molecular weight excluding hydrogens is 280 g/mol. The Morgan fingerprint density at radius 3 is 3.14 bits per heavy atom. The van der Waals surface area contributed by atoms with Crippen LogP contribution in [0.5, 0.6) is 0 Å². The lowest BCUT2D eigenvalue weighted by atomic mass is 10.1. The molecule has 7 nitrogen and oxygen atoms in total. The minimum atomic E-state index is -0.188. The molecule has 1 aliphatic heterocycles. The summed E-state index contributed by atoms with van der Waals surface area (Å²) in [5.74, 6) is 0.639. The summed E-state index contributed by atoms with van der Waals surface area (Å²) in [7, 11) is 0. The summed E-state index contributed by atoms with van der Waals surface area (Å²) in [4.78, 5) is 25.5. The first-order valence-electron chi connectivity index (χ1n) is 7.16. The van der Waals surface area contributed by atoms with Gasteiger partial charge in [0.25, 0.3) is 5.91 Å². The van der Waals surface area contributed by atoms with Crippen LogP contribution in [-0.2, 0) is 0 Å². The maximum Gasteiger partial charge on any atom is 0.268 e. The van der Waals surface area contributed by atoms with Crippen LogP contribution in [-0.4, -0.2) is 40.0 Å². The van der Waals surface area contributed by atoms with E-state index in [1.165, 1.54) is 6.20 Å². The van der Waals surface area contributed by atoms with Crippen molar-refractivity contribution in [2.75, 3.05) is 18.0 Å². The van der Waals surface area contributed by atoms with Gasteiger partial charge in [0.05, 0.1) is 11.8 Å². The van der Waals surface area contributed by atoms with E-state index in [9.17, 15) is 4.79 Å². The van der Waals surface area contributed by atoms with E-state index in [0.717, 1.165) is 25.2 Å². The number of nitrogens with one attached hydrogen (secondary N) is 2. The van der Waals surface area contributed by atoms with Gasteiger partial charge in [-0.15, -0.1) is 0 Å². The number of piperidine rings is 1. The Kier molecular flexibility index (Phi) is 4.01. The topological polar surface area (TPSA) is 97.7 Å². The fourth-order valence-corrected chi connectivity index (χ4v) is 2.61. The van der Waals surface area contributed by atoms with E-state index < -0.39 is 0 Å². The van der Waals surface area contributed by atoms with Crippen molar-refractivity contribution in [1.29, 1.82) is 5.26 Å². The number of aromatic amines is 1. The SMILES string of the molecule is N#Cc1c[nH]c(C(=O)NC2CCCN(c3cnccn3)C2)c1. The third-order valence-corrected chi connectivity index (χ3v) is 3.69. The Morgan fingerprint density at radius 1 is 1.50 bits per heavy atom. The molecule has 0 spiro atoms. The summed E-state index contributed by atoms with van der Waals surface area (Å²) in [5, 5.41) is 11.8. The molecule has 1 unspecified atom stereocenters. The summed E-state index contributed by atoms with van der Waals surface area (Å²) in [6, 6.07) is 3.61. The highest BCUT2D eigenvalue weighted by molar-refractivity contribution is 5.93. The summed E-state index contributed by atoms with van der Waals surface area (Å²) in [6.45, 7) is 1.61. The van der Waals surface area contributed by atoms with E-state index in [2.05, 4.69) is 25.2 Å². The Bertz CT molecular complexity index is 690. The highest BCUT2D eigenvalue weighted by Crippen LogP contribution is 2.16. The zero-order valence-electron chi connectivity index (χ0n) is 12.0. The molecule has 2 aromatic heterocycles. The molecule has 0 bridgehead atoms. The van der Waals surface area contributed by atoms with Crippen LogP contribution in [0.25, 0.3) is 0 Å². The van der Waals surface area contributed by atoms with Crippen LogP contribution in [0.2, 0.25) is 0 Å². The number of hydrogen-bond acceptors (Lipinski definition) is 5. The van der Waals surface area contributed by atoms with Gasteiger partial charge in [-0.1, -0.05) is 0 Å². The molecule has 1 aliphatic rings. The Labute approximate surface area is 128 Å². The van der Waals surface area contributed by atoms with Crippen LogP contribution in [0, 0.1) is 11.3 Å². The molecule has 1 amide bonds. The second-order valence-electron chi connectivity index (χ2n) is 5.24. The lowest BCUT2D eigenvalue weighted by Gasteiger charge is -2.33. The highest BCUT2D eigenvalue weighted by Gasteiger charge is 2.23. The van der Waals surface area contributed by atoms with E-state index in [0.29, 0.717) is 17.8 Å². The lowest BCUT2D eigenvalue weighted by molar-refractivity contribution is 0.0928. The Hall–Kier alpha value is -2.88. The zero-order valence-corrected chi connectivity index (χ0v) is 12.0. The van der Waals surface area contributed by atoms with Crippen molar-refractivity contribution in [3.05, 3.63) is 42.1 Å². The maximum absolute atomic E-state index is 12.2. The molecule has 1 fully saturated rings. The van der Waals surface area contributed by atoms with Crippen molar-refractivity contribution in [3.8, 4) is 6.07 Å². The van der Waals surface area contributed by atoms with Crippen LogP contribution < -0.4 is 10.2 Å². The van der Waals surface area contributed by atoms with Crippen molar-refractivity contribution >= 4 is 11.7 Å². The van der Waals surface area contributed by atoms with Gasteiger partial charge in [0, 0.05) is 37.7 Å². The van der Waals surface area contributed by atoms with Crippen molar-refractivity contribution in [2.24, 2.45) is 0 Å². The lowest BCUT2D eigenvalue weighted by Crippen LogP contribution is -2.48. The number of amides is 1. The fourth-order valence-electron chi connectivity index (χ4n) is 2.61. The average Bonchev–Trinajstić information content (AvgIpc) is 3.05. The van der Waals surface area contributed by atoms with Gasteiger partial charge < -0.3 is 15.2 Å². The van der Waals surface area contributed by atoms with Gasteiger partial charge >= 0.3 is 0 Å². The van der Waals surface area contributed by atoms with Crippen LogP contribution in [0.3, 0.4) is 0 Å². The number of nitrogens with zero attached hydrogens (tertiary/aromatic N) is 4. The number of H-pyrrole nitrogens is 1. The number of carbonyl (C=O) groups excluding carboxylic acids is 1. The van der Waals surface area contributed by atoms with Gasteiger partial charge in [0.15, 0.2) is 0 Å². The second kappa shape index (κ2) is 6.26. The van der Waals surface area contributed by atoms with Gasteiger partial charge in [0.1, 0.15) is 17.6 Å². The molecular formula is C15H16N6O. The quantitative estimate of drug-likeness (QED) is 0.883. The van der Waals surface area contributed by atoms with E-state index in [-0.39, 0.29) is 11.9 Å². The average molecular weight is 296 g/mol. The third-order valence-electron chi connectivity index (χ3n) is 3.69. The molecule has 0 aliphatic carbocycles. The molecule has 3 rings (SSSR count). The van der Waals surface area contributed by atoms with Crippen molar-refractivity contribution in [3.63, 3.8) is 0 Å². The number of aromatic nitrogens is 3. The van der Waals surface area contributed by atoms with Crippen molar-refractivity contribution in [2.45, 2.75) is 18.9 Å². The maximum atomic E-state index is 12.2. The smallest absolute Gasteiger partial charge is 0.268 e. The Balaban J connectivity index is 1.63. The van der Waals surface area contributed by atoms with E-state index in [1.54, 1.807) is 24.7 Å². The zero-order chi connectivity index (χ0) is 15.4. The van der Waals surface area contributed by atoms with E-state index in [1.807, 2.05) is 6.07 Å². The first-order chi connectivity index (χ1) is 10.8. The molecule has 112 valence electrons. The first kappa shape index (κ1) is 14.1. The van der Waals surface area contributed by atoms with Crippen molar-refractivity contribution in [1.82, 2.24) is 20.3 Å². The van der Waals surface area contributed by atoms with Crippen LogP contribution in [0.15, 0.2) is 30.9 Å². The molecule has 0 saturated carbocycles. The predicted molar refractivity (Wildman–Crippen MR) is 80.2 cm³/mol. The largest absolute Gasteiger partial charge is 0.356 e. The molecule has 2 N–H and O–H groups in total. The fraction of sp³-hybridized carbons (Fsp3) is 0.333. The number of nitriles is 1. The summed E-state index contributed by atoms with van der Waals surface area (Å²) in [5.41, 5.74) is 0.864. The molecule has 0 aromatic carbocycles. The molecule has 22 heavy (non-hydrogen) atoms.